The number of hydrogen-bond donors (Lipinski definition) is 2. The average molecular weight is 463 g/mol. The van der Waals surface area contributed by atoms with Gasteiger partial charge >= 0.3 is 0 Å². The van der Waals surface area contributed by atoms with Gasteiger partial charge in [-0.2, -0.15) is 0 Å². The predicted molar refractivity (Wildman–Crippen MR) is 127 cm³/mol. The van der Waals surface area contributed by atoms with Gasteiger partial charge in [0, 0.05) is 36.9 Å². The monoisotopic (exact) mass is 462 g/mol. The minimum absolute atomic E-state index is 0.0245. The third-order valence-electron chi connectivity index (χ3n) is 5.77. The standard InChI is InChI=1S/C23H28Cl2N4O2/c1-15-5-4-6-20(16(15)2)26-22(30)14-28-9-11-29(12-10-28)17(3)23(31)27-21-13-18(24)7-8-19(21)25/h4-8,13,17H,9-12,14H2,1-3H3,(H,26,30)(H,27,31). The molecule has 2 amide bonds. The highest BCUT2D eigenvalue weighted by molar-refractivity contribution is 6.35. The highest BCUT2D eigenvalue weighted by Crippen LogP contribution is 2.26. The second-order valence-electron chi connectivity index (χ2n) is 7.90. The lowest BCUT2D eigenvalue weighted by Gasteiger charge is -2.37. The van der Waals surface area contributed by atoms with Crippen LogP contribution in [0.2, 0.25) is 10.0 Å². The third-order valence-corrected chi connectivity index (χ3v) is 6.33. The summed E-state index contributed by atoms with van der Waals surface area (Å²) >= 11 is 12.1. The molecule has 0 aromatic heterocycles. The minimum atomic E-state index is -0.319. The molecule has 0 radical (unpaired) electrons. The smallest absolute Gasteiger partial charge is 0.241 e. The van der Waals surface area contributed by atoms with Crippen molar-refractivity contribution in [1.82, 2.24) is 9.80 Å². The van der Waals surface area contributed by atoms with Crippen LogP contribution in [0.5, 0.6) is 0 Å². The Kier molecular flexibility index (Phi) is 7.94. The Labute approximate surface area is 193 Å². The Morgan fingerprint density at radius 1 is 1.00 bits per heavy atom. The van der Waals surface area contributed by atoms with Crippen LogP contribution in [0.1, 0.15) is 18.1 Å². The Hall–Kier alpha value is -2.12. The molecule has 2 aromatic rings. The molecule has 1 aliphatic heterocycles. The molecule has 1 heterocycles. The van der Waals surface area contributed by atoms with Gasteiger partial charge < -0.3 is 10.6 Å². The topological polar surface area (TPSA) is 64.7 Å². The number of anilines is 2. The van der Waals surface area contributed by atoms with E-state index in [-0.39, 0.29) is 17.9 Å². The van der Waals surface area contributed by atoms with Crippen LogP contribution in [0.4, 0.5) is 11.4 Å². The number of hydrogen-bond acceptors (Lipinski definition) is 4. The summed E-state index contributed by atoms with van der Waals surface area (Å²) in [5, 5.41) is 6.82. The van der Waals surface area contributed by atoms with Crippen molar-refractivity contribution in [1.29, 1.82) is 0 Å². The fourth-order valence-electron chi connectivity index (χ4n) is 3.58. The molecule has 0 bridgehead atoms. The van der Waals surface area contributed by atoms with Gasteiger partial charge in [-0.15, -0.1) is 0 Å². The fraction of sp³-hybridized carbons (Fsp3) is 0.391. The van der Waals surface area contributed by atoms with Gasteiger partial charge in [-0.05, 0) is 56.2 Å². The molecule has 6 nitrogen and oxygen atoms in total. The summed E-state index contributed by atoms with van der Waals surface area (Å²) in [7, 11) is 0. The van der Waals surface area contributed by atoms with Gasteiger partial charge in [-0.3, -0.25) is 19.4 Å². The quantitative estimate of drug-likeness (QED) is 0.675. The van der Waals surface area contributed by atoms with Crippen molar-refractivity contribution in [3.8, 4) is 0 Å². The summed E-state index contributed by atoms with van der Waals surface area (Å²) in [5.41, 5.74) is 3.60. The third kappa shape index (κ3) is 6.20. The number of piperazine rings is 1. The molecule has 3 rings (SSSR count). The van der Waals surface area contributed by atoms with E-state index < -0.39 is 0 Å². The summed E-state index contributed by atoms with van der Waals surface area (Å²) < 4.78 is 0. The Balaban J connectivity index is 1.48. The normalized spacial score (nSPS) is 16.0. The molecule has 8 heteroatoms. The molecule has 0 saturated carbocycles. The molecule has 1 fully saturated rings. The maximum absolute atomic E-state index is 12.7. The maximum atomic E-state index is 12.7. The zero-order valence-electron chi connectivity index (χ0n) is 18.0. The first-order valence-electron chi connectivity index (χ1n) is 10.3. The molecule has 2 aromatic carbocycles. The van der Waals surface area contributed by atoms with Gasteiger partial charge in [-0.25, -0.2) is 0 Å². The molecule has 0 aliphatic carbocycles. The van der Waals surface area contributed by atoms with Gasteiger partial charge in [0.1, 0.15) is 0 Å². The van der Waals surface area contributed by atoms with Crippen molar-refractivity contribution in [2.45, 2.75) is 26.8 Å². The molecule has 1 aliphatic rings. The molecular weight excluding hydrogens is 435 g/mol. The highest BCUT2D eigenvalue weighted by Gasteiger charge is 2.26. The minimum Gasteiger partial charge on any atom is -0.325 e. The molecule has 0 spiro atoms. The molecule has 1 saturated heterocycles. The van der Waals surface area contributed by atoms with Crippen LogP contribution in [0.25, 0.3) is 0 Å². The van der Waals surface area contributed by atoms with Crippen LogP contribution in [-0.2, 0) is 9.59 Å². The van der Waals surface area contributed by atoms with Crippen molar-refractivity contribution >= 4 is 46.4 Å². The largest absolute Gasteiger partial charge is 0.325 e. The molecule has 31 heavy (non-hydrogen) atoms. The molecule has 166 valence electrons. The summed E-state index contributed by atoms with van der Waals surface area (Å²) in [6, 6.07) is 10.6. The number of carbonyl (C=O) groups excluding carboxylic acids is 2. The van der Waals surface area contributed by atoms with Crippen molar-refractivity contribution in [3.05, 3.63) is 57.6 Å². The van der Waals surface area contributed by atoms with E-state index in [1.807, 2.05) is 39.0 Å². The van der Waals surface area contributed by atoms with Gasteiger partial charge in [0.25, 0.3) is 0 Å². The first-order valence-corrected chi connectivity index (χ1v) is 11.1. The first kappa shape index (κ1) is 23.5. The predicted octanol–water partition coefficient (Wildman–Crippen LogP) is 4.19. The number of carbonyl (C=O) groups is 2. The first-order chi connectivity index (χ1) is 14.7. The van der Waals surface area contributed by atoms with Crippen LogP contribution in [0, 0.1) is 13.8 Å². The van der Waals surface area contributed by atoms with E-state index in [0.29, 0.717) is 35.4 Å². The second kappa shape index (κ2) is 10.5. The molecular formula is C23H28Cl2N4O2. The summed E-state index contributed by atoms with van der Waals surface area (Å²) in [6.45, 7) is 9.08. The van der Waals surface area contributed by atoms with Crippen LogP contribution in [0.3, 0.4) is 0 Å². The molecule has 2 N–H and O–H groups in total. The van der Waals surface area contributed by atoms with Crippen LogP contribution in [0.15, 0.2) is 36.4 Å². The number of halogens is 2. The lowest BCUT2D eigenvalue weighted by atomic mass is 10.1. The highest BCUT2D eigenvalue weighted by atomic mass is 35.5. The average Bonchev–Trinajstić information content (AvgIpc) is 2.74. The van der Waals surface area contributed by atoms with Crippen molar-refractivity contribution in [2.24, 2.45) is 0 Å². The van der Waals surface area contributed by atoms with E-state index in [9.17, 15) is 9.59 Å². The van der Waals surface area contributed by atoms with E-state index in [4.69, 9.17) is 23.2 Å². The van der Waals surface area contributed by atoms with E-state index in [1.165, 1.54) is 0 Å². The number of aryl methyl sites for hydroxylation is 1. The summed E-state index contributed by atoms with van der Waals surface area (Å²) in [4.78, 5) is 29.4. The zero-order chi connectivity index (χ0) is 22.5. The van der Waals surface area contributed by atoms with Crippen molar-refractivity contribution < 1.29 is 9.59 Å². The summed E-state index contributed by atoms with van der Waals surface area (Å²) in [6.07, 6.45) is 0. The van der Waals surface area contributed by atoms with Gasteiger partial charge in [0.05, 0.1) is 23.3 Å². The lowest BCUT2D eigenvalue weighted by Crippen LogP contribution is -2.53. The SMILES string of the molecule is Cc1cccc(NC(=O)CN2CCN(C(C)C(=O)Nc3cc(Cl)ccc3Cl)CC2)c1C. The number of rotatable bonds is 6. The number of nitrogens with zero attached hydrogens (tertiary/aromatic N) is 2. The van der Waals surface area contributed by atoms with Crippen molar-refractivity contribution in [3.63, 3.8) is 0 Å². The van der Waals surface area contributed by atoms with Gasteiger partial charge in [-0.1, -0.05) is 35.3 Å². The maximum Gasteiger partial charge on any atom is 0.241 e. The van der Waals surface area contributed by atoms with Crippen LogP contribution >= 0.6 is 23.2 Å². The zero-order valence-corrected chi connectivity index (χ0v) is 19.6. The molecule has 1 unspecified atom stereocenters. The Bertz CT molecular complexity index is 959. The van der Waals surface area contributed by atoms with Crippen molar-refractivity contribution in [2.75, 3.05) is 43.4 Å². The van der Waals surface area contributed by atoms with Crippen LogP contribution < -0.4 is 10.6 Å². The molecule has 1 atom stereocenters. The van der Waals surface area contributed by atoms with Crippen LogP contribution in [-0.4, -0.2) is 60.4 Å². The number of benzene rings is 2. The van der Waals surface area contributed by atoms with E-state index in [0.717, 1.165) is 29.9 Å². The number of nitrogens with one attached hydrogen (secondary N) is 2. The van der Waals surface area contributed by atoms with Gasteiger partial charge in [0.15, 0.2) is 0 Å². The Morgan fingerprint density at radius 3 is 2.42 bits per heavy atom. The fourth-order valence-corrected chi connectivity index (χ4v) is 3.92. The van der Waals surface area contributed by atoms with E-state index in [1.54, 1.807) is 18.2 Å². The van der Waals surface area contributed by atoms with E-state index in [2.05, 4.69) is 20.4 Å². The second-order valence-corrected chi connectivity index (χ2v) is 8.74. The number of amides is 2. The van der Waals surface area contributed by atoms with E-state index >= 15 is 0 Å². The summed E-state index contributed by atoms with van der Waals surface area (Å²) in [5.74, 6) is -0.158. The Morgan fingerprint density at radius 2 is 1.71 bits per heavy atom. The van der Waals surface area contributed by atoms with Gasteiger partial charge in [0.2, 0.25) is 11.8 Å². The lowest BCUT2D eigenvalue weighted by molar-refractivity contribution is -0.122.